The molecule has 7 nitrogen and oxygen atoms in total. The Bertz CT molecular complexity index is 1100. The van der Waals surface area contributed by atoms with E-state index in [1.54, 1.807) is 29.3 Å². The third kappa shape index (κ3) is 6.12. The molecule has 1 aromatic carbocycles. The lowest BCUT2D eigenvalue weighted by molar-refractivity contribution is -0.140. The zero-order chi connectivity index (χ0) is 23.2. The van der Waals surface area contributed by atoms with Crippen LogP contribution in [0.5, 0.6) is 0 Å². The molecule has 1 fully saturated rings. The van der Waals surface area contributed by atoms with Gasteiger partial charge in [-0.15, -0.1) is 0 Å². The van der Waals surface area contributed by atoms with Crippen molar-refractivity contribution in [1.82, 2.24) is 19.8 Å². The Kier molecular flexibility index (Phi) is 7.26. The quantitative estimate of drug-likeness (QED) is 0.593. The van der Waals surface area contributed by atoms with Crippen LogP contribution in [0.4, 0.5) is 15.9 Å². The number of rotatable bonds is 7. The van der Waals surface area contributed by atoms with Crippen LogP contribution in [0.25, 0.3) is 0 Å². The van der Waals surface area contributed by atoms with Crippen molar-refractivity contribution >= 4 is 17.4 Å². The molecule has 2 aromatic heterocycles. The predicted octanol–water partition coefficient (Wildman–Crippen LogP) is 3.70. The molecule has 0 saturated carbocycles. The van der Waals surface area contributed by atoms with Crippen molar-refractivity contribution in [1.29, 1.82) is 0 Å². The number of hydrogen-bond donors (Lipinski definition) is 1. The molecule has 1 atom stereocenters. The van der Waals surface area contributed by atoms with Crippen molar-refractivity contribution in [3.05, 3.63) is 83.6 Å². The molecule has 3 aromatic rings. The molecule has 0 aliphatic carbocycles. The molecule has 1 amide bonds. The number of pyridine rings is 2. The van der Waals surface area contributed by atoms with Crippen molar-refractivity contribution in [2.45, 2.75) is 19.6 Å². The highest BCUT2D eigenvalue weighted by Gasteiger charge is 2.27. The summed E-state index contributed by atoms with van der Waals surface area (Å²) >= 11 is 0. The van der Waals surface area contributed by atoms with Gasteiger partial charge >= 0.3 is 0 Å². The standard InChI is InChI=1S/C25H28FN5O2/c1-18-13-20(29-24-9-5-6-10-27-24)14-22(28-18)23-16-31(11-12-33-23)25(32)17-30(2)15-19-7-3-4-8-21(19)26/h3-10,13-14,23H,11-12,15-17H2,1-2H3,(H,27,28,29)/t23-/m1/s1. The fourth-order valence-corrected chi connectivity index (χ4v) is 3.87. The maximum absolute atomic E-state index is 13.9. The normalized spacial score (nSPS) is 16.1. The van der Waals surface area contributed by atoms with Crippen LogP contribution in [0.1, 0.15) is 23.1 Å². The van der Waals surface area contributed by atoms with E-state index >= 15 is 0 Å². The van der Waals surface area contributed by atoms with Gasteiger partial charge in [-0.2, -0.15) is 0 Å². The molecule has 0 radical (unpaired) electrons. The van der Waals surface area contributed by atoms with Gasteiger partial charge in [-0.05, 0) is 44.3 Å². The zero-order valence-electron chi connectivity index (χ0n) is 18.9. The lowest BCUT2D eigenvalue weighted by atomic mass is 10.1. The van der Waals surface area contributed by atoms with E-state index in [2.05, 4.69) is 15.3 Å². The van der Waals surface area contributed by atoms with Gasteiger partial charge in [0.25, 0.3) is 0 Å². The molecule has 3 heterocycles. The number of morpholine rings is 1. The van der Waals surface area contributed by atoms with Crippen LogP contribution in [-0.4, -0.2) is 59.0 Å². The molecule has 33 heavy (non-hydrogen) atoms. The number of ether oxygens (including phenoxy) is 1. The van der Waals surface area contributed by atoms with Gasteiger partial charge in [0.2, 0.25) is 5.91 Å². The highest BCUT2D eigenvalue weighted by Crippen LogP contribution is 2.25. The second kappa shape index (κ2) is 10.5. The molecule has 0 unspecified atom stereocenters. The van der Waals surface area contributed by atoms with Gasteiger partial charge in [-0.25, -0.2) is 9.37 Å². The number of aryl methyl sites for hydroxylation is 1. The highest BCUT2D eigenvalue weighted by molar-refractivity contribution is 5.78. The van der Waals surface area contributed by atoms with E-state index < -0.39 is 0 Å². The summed E-state index contributed by atoms with van der Waals surface area (Å²) in [5, 5.41) is 3.29. The van der Waals surface area contributed by atoms with Crippen LogP contribution in [0.3, 0.4) is 0 Å². The van der Waals surface area contributed by atoms with E-state index in [4.69, 9.17) is 4.74 Å². The van der Waals surface area contributed by atoms with E-state index in [1.807, 2.05) is 49.2 Å². The number of benzene rings is 1. The van der Waals surface area contributed by atoms with Crippen LogP contribution < -0.4 is 5.32 Å². The molecule has 0 spiro atoms. The van der Waals surface area contributed by atoms with Crippen molar-refractivity contribution in [3.63, 3.8) is 0 Å². The topological polar surface area (TPSA) is 70.6 Å². The Balaban J connectivity index is 1.39. The summed E-state index contributed by atoms with van der Waals surface area (Å²) < 4.78 is 19.9. The van der Waals surface area contributed by atoms with Crippen molar-refractivity contribution in [3.8, 4) is 0 Å². The molecular weight excluding hydrogens is 421 g/mol. The number of amides is 1. The molecule has 1 N–H and O–H groups in total. The van der Waals surface area contributed by atoms with Crippen LogP contribution in [0, 0.1) is 12.7 Å². The van der Waals surface area contributed by atoms with Gasteiger partial charge in [-0.1, -0.05) is 24.3 Å². The SMILES string of the molecule is Cc1cc(Nc2ccccn2)cc([C@H]2CN(C(=O)CN(C)Cc3ccccc3F)CCO2)n1. The van der Waals surface area contributed by atoms with Gasteiger partial charge in [0, 0.05) is 36.2 Å². The molecule has 1 aliphatic rings. The summed E-state index contributed by atoms with van der Waals surface area (Å²) in [5.74, 6) is 0.471. The Labute approximate surface area is 193 Å². The van der Waals surface area contributed by atoms with Crippen LogP contribution in [-0.2, 0) is 16.1 Å². The minimum atomic E-state index is -0.316. The third-order valence-electron chi connectivity index (χ3n) is 5.46. The largest absolute Gasteiger partial charge is 0.368 e. The number of halogens is 1. The number of carbonyl (C=O) groups excluding carboxylic acids is 1. The number of anilines is 2. The van der Waals surface area contributed by atoms with E-state index in [9.17, 15) is 9.18 Å². The molecule has 8 heteroatoms. The summed E-state index contributed by atoms with van der Waals surface area (Å²) in [5.41, 5.74) is 3.06. The Morgan fingerprint density at radius 1 is 1.24 bits per heavy atom. The van der Waals surface area contributed by atoms with E-state index in [-0.39, 0.29) is 24.4 Å². The first-order valence-electron chi connectivity index (χ1n) is 11.0. The number of nitrogens with zero attached hydrogens (tertiary/aromatic N) is 4. The van der Waals surface area contributed by atoms with Gasteiger partial charge in [0.15, 0.2) is 0 Å². The second-order valence-electron chi connectivity index (χ2n) is 8.22. The summed E-state index contributed by atoms with van der Waals surface area (Å²) in [6.45, 7) is 3.88. The lowest BCUT2D eigenvalue weighted by Crippen LogP contribution is -2.46. The van der Waals surface area contributed by atoms with Crippen LogP contribution in [0.15, 0.2) is 60.8 Å². The van der Waals surface area contributed by atoms with Crippen molar-refractivity contribution in [2.24, 2.45) is 0 Å². The minimum Gasteiger partial charge on any atom is -0.368 e. The summed E-state index contributed by atoms with van der Waals surface area (Å²) in [7, 11) is 1.82. The first kappa shape index (κ1) is 22.8. The van der Waals surface area contributed by atoms with Crippen LogP contribution in [0.2, 0.25) is 0 Å². The Morgan fingerprint density at radius 2 is 2.06 bits per heavy atom. The lowest BCUT2D eigenvalue weighted by Gasteiger charge is -2.34. The van der Waals surface area contributed by atoms with E-state index in [0.29, 0.717) is 31.8 Å². The van der Waals surface area contributed by atoms with Gasteiger partial charge in [0.1, 0.15) is 17.7 Å². The average Bonchev–Trinajstić information content (AvgIpc) is 2.81. The Morgan fingerprint density at radius 3 is 2.85 bits per heavy atom. The maximum atomic E-state index is 13.9. The minimum absolute atomic E-state index is 0.0124. The number of nitrogens with one attached hydrogen (secondary N) is 1. The summed E-state index contributed by atoms with van der Waals surface area (Å²) in [4.78, 5) is 25.5. The monoisotopic (exact) mass is 449 g/mol. The number of aromatic nitrogens is 2. The highest BCUT2D eigenvalue weighted by atomic mass is 19.1. The van der Waals surface area contributed by atoms with Crippen LogP contribution >= 0.6 is 0 Å². The average molecular weight is 450 g/mol. The summed E-state index contributed by atoms with van der Waals surface area (Å²) in [6.07, 6.45) is 1.41. The second-order valence-corrected chi connectivity index (χ2v) is 8.22. The predicted molar refractivity (Wildman–Crippen MR) is 125 cm³/mol. The fourth-order valence-electron chi connectivity index (χ4n) is 3.87. The number of carbonyl (C=O) groups is 1. The Hall–Kier alpha value is -3.36. The van der Waals surface area contributed by atoms with Crippen molar-refractivity contribution in [2.75, 3.05) is 38.6 Å². The van der Waals surface area contributed by atoms with Crippen molar-refractivity contribution < 1.29 is 13.9 Å². The zero-order valence-corrected chi connectivity index (χ0v) is 18.9. The van der Waals surface area contributed by atoms with E-state index in [0.717, 1.165) is 22.9 Å². The number of hydrogen-bond acceptors (Lipinski definition) is 6. The van der Waals surface area contributed by atoms with Gasteiger partial charge < -0.3 is 15.0 Å². The maximum Gasteiger partial charge on any atom is 0.236 e. The fraction of sp³-hybridized carbons (Fsp3) is 0.320. The molecule has 172 valence electrons. The molecule has 1 saturated heterocycles. The van der Waals surface area contributed by atoms with Gasteiger partial charge in [0.05, 0.1) is 25.4 Å². The smallest absolute Gasteiger partial charge is 0.236 e. The van der Waals surface area contributed by atoms with Gasteiger partial charge in [-0.3, -0.25) is 14.7 Å². The molecular formula is C25H28FN5O2. The number of likely N-dealkylation sites (N-methyl/N-ethyl adjacent to an activating group) is 1. The first-order valence-corrected chi connectivity index (χ1v) is 11.0. The summed E-state index contributed by atoms with van der Waals surface area (Å²) in [6, 6.07) is 16.2. The molecule has 0 bridgehead atoms. The first-order chi connectivity index (χ1) is 16.0. The van der Waals surface area contributed by atoms with E-state index in [1.165, 1.54) is 6.07 Å². The third-order valence-corrected chi connectivity index (χ3v) is 5.46. The molecule has 4 rings (SSSR count). The molecule has 1 aliphatic heterocycles.